The second-order valence-electron chi connectivity index (χ2n) is 3.30. The molecular weight excluding hydrogens is 142 g/mol. The fourth-order valence-electron chi connectivity index (χ4n) is 1.28. The Hall–Kier alpha value is -0.570. The Morgan fingerprint density at radius 2 is 2.36 bits per heavy atom. The molecule has 1 N–H and O–H groups in total. The molecule has 0 aromatic rings. The van der Waals surface area contributed by atoms with E-state index in [0.29, 0.717) is 5.92 Å². The highest BCUT2D eigenvalue weighted by Crippen LogP contribution is 2.38. The van der Waals surface area contributed by atoms with Gasteiger partial charge >= 0.3 is 5.97 Å². The molecule has 64 valence electrons. The van der Waals surface area contributed by atoms with Gasteiger partial charge in [-0.25, -0.2) is 0 Å². The summed E-state index contributed by atoms with van der Waals surface area (Å²) in [6, 6.07) is 0. The quantitative estimate of drug-likeness (QED) is 0.651. The van der Waals surface area contributed by atoms with Crippen molar-refractivity contribution in [2.45, 2.75) is 13.3 Å². The van der Waals surface area contributed by atoms with Crippen molar-refractivity contribution in [3.05, 3.63) is 0 Å². The van der Waals surface area contributed by atoms with Gasteiger partial charge in [-0.1, -0.05) is 6.92 Å². The predicted octanol–water partition coefficient (Wildman–Crippen LogP) is 0.659. The molecule has 1 aliphatic carbocycles. The molecule has 0 spiro atoms. The standard InChI is InChI=1S/C8H15NO2/c1-3-9(2)5-6-4-7(6)8(10)11/h6-7H,3-5H2,1-2H3,(H,10,11). The number of aliphatic carboxylic acids is 1. The van der Waals surface area contributed by atoms with Crippen LogP contribution in [0.15, 0.2) is 0 Å². The van der Waals surface area contributed by atoms with Crippen LogP contribution in [-0.2, 0) is 4.79 Å². The zero-order chi connectivity index (χ0) is 8.43. The van der Waals surface area contributed by atoms with E-state index in [0.717, 1.165) is 19.5 Å². The lowest BCUT2D eigenvalue weighted by atomic mass is 10.3. The van der Waals surface area contributed by atoms with E-state index in [1.165, 1.54) is 0 Å². The second-order valence-corrected chi connectivity index (χ2v) is 3.30. The van der Waals surface area contributed by atoms with Crippen LogP contribution in [0.2, 0.25) is 0 Å². The molecule has 2 unspecified atom stereocenters. The molecule has 0 aromatic heterocycles. The highest BCUT2D eigenvalue weighted by atomic mass is 16.4. The van der Waals surface area contributed by atoms with Gasteiger partial charge in [-0.05, 0) is 25.9 Å². The molecule has 0 aliphatic heterocycles. The van der Waals surface area contributed by atoms with Crippen molar-refractivity contribution in [1.82, 2.24) is 4.90 Å². The van der Waals surface area contributed by atoms with Gasteiger partial charge in [0.25, 0.3) is 0 Å². The Morgan fingerprint density at radius 3 is 2.73 bits per heavy atom. The van der Waals surface area contributed by atoms with E-state index in [4.69, 9.17) is 5.11 Å². The molecule has 3 heteroatoms. The zero-order valence-corrected chi connectivity index (χ0v) is 7.08. The number of carboxylic acids is 1. The van der Waals surface area contributed by atoms with Gasteiger partial charge in [0.05, 0.1) is 5.92 Å². The summed E-state index contributed by atoms with van der Waals surface area (Å²) in [6.45, 7) is 4.02. The van der Waals surface area contributed by atoms with E-state index in [1.54, 1.807) is 0 Å². The highest BCUT2D eigenvalue weighted by Gasteiger charge is 2.43. The summed E-state index contributed by atoms with van der Waals surface area (Å²) < 4.78 is 0. The Balaban J connectivity index is 2.18. The molecular formula is C8H15NO2. The second kappa shape index (κ2) is 3.22. The molecule has 11 heavy (non-hydrogen) atoms. The van der Waals surface area contributed by atoms with Crippen molar-refractivity contribution in [2.24, 2.45) is 11.8 Å². The number of nitrogens with zero attached hydrogens (tertiary/aromatic N) is 1. The van der Waals surface area contributed by atoms with Crippen LogP contribution in [0, 0.1) is 11.8 Å². The summed E-state index contributed by atoms with van der Waals surface area (Å²) in [5.74, 6) is -0.263. The average Bonchev–Trinajstić information content (AvgIpc) is 2.67. The lowest BCUT2D eigenvalue weighted by Crippen LogP contribution is -2.21. The van der Waals surface area contributed by atoms with Crippen LogP contribution < -0.4 is 0 Å². The van der Waals surface area contributed by atoms with Crippen LogP contribution in [0.3, 0.4) is 0 Å². The summed E-state index contributed by atoms with van der Waals surface area (Å²) in [6.07, 6.45) is 0.875. The van der Waals surface area contributed by atoms with Crippen LogP contribution in [0.25, 0.3) is 0 Å². The van der Waals surface area contributed by atoms with Crippen molar-refractivity contribution < 1.29 is 9.90 Å². The smallest absolute Gasteiger partial charge is 0.306 e. The molecule has 1 saturated carbocycles. The normalized spacial score (nSPS) is 29.0. The average molecular weight is 157 g/mol. The SMILES string of the molecule is CCN(C)CC1CC1C(=O)O. The summed E-state index contributed by atoms with van der Waals surface area (Å²) in [5.41, 5.74) is 0. The van der Waals surface area contributed by atoms with Gasteiger partial charge < -0.3 is 10.0 Å². The third-order valence-electron chi connectivity index (χ3n) is 2.33. The maximum atomic E-state index is 10.4. The van der Waals surface area contributed by atoms with Crippen molar-refractivity contribution in [3.8, 4) is 0 Å². The first-order valence-electron chi connectivity index (χ1n) is 4.06. The van der Waals surface area contributed by atoms with E-state index in [2.05, 4.69) is 11.8 Å². The fourth-order valence-corrected chi connectivity index (χ4v) is 1.28. The van der Waals surface area contributed by atoms with Gasteiger partial charge in [-0.15, -0.1) is 0 Å². The van der Waals surface area contributed by atoms with Crippen LogP contribution in [0.4, 0.5) is 0 Å². The third-order valence-corrected chi connectivity index (χ3v) is 2.33. The Morgan fingerprint density at radius 1 is 1.73 bits per heavy atom. The van der Waals surface area contributed by atoms with Crippen LogP contribution in [0.5, 0.6) is 0 Å². The molecule has 2 atom stereocenters. The largest absolute Gasteiger partial charge is 0.481 e. The number of hydrogen-bond acceptors (Lipinski definition) is 2. The van der Waals surface area contributed by atoms with Gasteiger partial charge in [0.2, 0.25) is 0 Å². The maximum absolute atomic E-state index is 10.4. The fraction of sp³-hybridized carbons (Fsp3) is 0.875. The summed E-state index contributed by atoms with van der Waals surface area (Å²) >= 11 is 0. The highest BCUT2D eigenvalue weighted by molar-refractivity contribution is 5.73. The Kier molecular flexibility index (Phi) is 2.49. The van der Waals surface area contributed by atoms with Crippen molar-refractivity contribution in [1.29, 1.82) is 0 Å². The van der Waals surface area contributed by atoms with Crippen LogP contribution in [0.1, 0.15) is 13.3 Å². The lowest BCUT2D eigenvalue weighted by Gasteiger charge is -2.12. The molecule has 1 aliphatic rings. The van der Waals surface area contributed by atoms with Gasteiger partial charge in [0.1, 0.15) is 0 Å². The predicted molar refractivity (Wildman–Crippen MR) is 42.4 cm³/mol. The molecule has 0 radical (unpaired) electrons. The molecule has 1 rings (SSSR count). The van der Waals surface area contributed by atoms with Crippen molar-refractivity contribution >= 4 is 5.97 Å². The number of rotatable bonds is 4. The number of hydrogen-bond donors (Lipinski definition) is 1. The van der Waals surface area contributed by atoms with Crippen LogP contribution in [-0.4, -0.2) is 36.1 Å². The molecule has 0 amide bonds. The van der Waals surface area contributed by atoms with Gasteiger partial charge in [0.15, 0.2) is 0 Å². The van der Waals surface area contributed by atoms with Crippen LogP contribution >= 0.6 is 0 Å². The van der Waals surface area contributed by atoms with E-state index < -0.39 is 5.97 Å². The molecule has 1 fully saturated rings. The van der Waals surface area contributed by atoms with E-state index >= 15 is 0 Å². The summed E-state index contributed by atoms with van der Waals surface area (Å²) in [7, 11) is 2.03. The maximum Gasteiger partial charge on any atom is 0.306 e. The molecule has 3 nitrogen and oxygen atoms in total. The minimum absolute atomic E-state index is 0.0519. The van der Waals surface area contributed by atoms with E-state index in [1.807, 2.05) is 7.05 Å². The first-order valence-corrected chi connectivity index (χ1v) is 4.06. The van der Waals surface area contributed by atoms with Crippen molar-refractivity contribution in [3.63, 3.8) is 0 Å². The molecule has 0 heterocycles. The topological polar surface area (TPSA) is 40.5 Å². The molecule has 0 aromatic carbocycles. The Bertz CT molecular complexity index is 158. The summed E-state index contributed by atoms with van der Waals surface area (Å²) in [5, 5.41) is 8.59. The van der Waals surface area contributed by atoms with Gasteiger partial charge in [-0.3, -0.25) is 4.79 Å². The first kappa shape index (κ1) is 8.53. The van der Waals surface area contributed by atoms with Crippen molar-refractivity contribution in [2.75, 3.05) is 20.1 Å². The molecule has 0 saturated heterocycles. The minimum atomic E-state index is -0.625. The lowest BCUT2D eigenvalue weighted by molar-refractivity contribution is -0.138. The number of carbonyl (C=O) groups is 1. The molecule has 0 bridgehead atoms. The van der Waals surface area contributed by atoms with Gasteiger partial charge in [-0.2, -0.15) is 0 Å². The number of carboxylic acid groups (broad SMARTS) is 1. The van der Waals surface area contributed by atoms with E-state index in [9.17, 15) is 4.79 Å². The third kappa shape index (κ3) is 2.19. The minimum Gasteiger partial charge on any atom is -0.481 e. The van der Waals surface area contributed by atoms with E-state index in [-0.39, 0.29) is 5.92 Å². The zero-order valence-electron chi connectivity index (χ0n) is 7.08. The summed E-state index contributed by atoms with van der Waals surface area (Å²) in [4.78, 5) is 12.6. The Labute approximate surface area is 67.0 Å². The monoisotopic (exact) mass is 157 g/mol. The van der Waals surface area contributed by atoms with Gasteiger partial charge in [0, 0.05) is 6.54 Å². The first-order chi connectivity index (χ1) is 5.15.